The highest BCUT2D eigenvalue weighted by molar-refractivity contribution is 5.84. The van der Waals surface area contributed by atoms with E-state index in [1.165, 1.54) is 0 Å². The van der Waals surface area contributed by atoms with Gasteiger partial charge in [-0.2, -0.15) is 5.26 Å². The van der Waals surface area contributed by atoms with Gasteiger partial charge in [0.15, 0.2) is 6.61 Å². The fourth-order valence-electron chi connectivity index (χ4n) is 2.96. The van der Waals surface area contributed by atoms with E-state index in [-0.39, 0.29) is 19.1 Å². The van der Waals surface area contributed by atoms with Crippen molar-refractivity contribution < 1.29 is 14.3 Å². The van der Waals surface area contributed by atoms with Gasteiger partial charge in [-0.1, -0.05) is 25.5 Å². The highest BCUT2D eigenvalue weighted by atomic mass is 16.5. The fraction of sp³-hybridized carbons (Fsp3) is 0.273. The van der Waals surface area contributed by atoms with Crippen LogP contribution in [0.2, 0.25) is 0 Å². The molecule has 2 N–H and O–H groups in total. The van der Waals surface area contributed by atoms with Gasteiger partial charge in [0.05, 0.1) is 22.7 Å². The van der Waals surface area contributed by atoms with E-state index in [4.69, 9.17) is 10.00 Å². The number of hydrogen-bond acceptors (Lipinski definition) is 5. The average Bonchev–Trinajstić information content (AvgIpc) is 3.12. The summed E-state index contributed by atoms with van der Waals surface area (Å²) in [5.41, 5.74) is 6.99. The molecule has 8 heteroatoms. The van der Waals surface area contributed by atoms with E-state index in [0.717, 1.165) is 36.1 Å². The molecule has 0 aliphatic heterocycles. The van der Waals surface area contributed by atoms with E-state index in [1.807, 2.05) is 34.9 Å². The van der Waals surface area contributed by atoms with Gasteiger partial charge in [-0.25, -0.2) is 4.98 Å². The molecule has 0 atom stereocenters. The number of fused-ring (bicyclic) bond motifs is 1. The molecule has 30 heavy (non-hydrogen) atoms. The van der Waals surface area contributed by atoms with E-state index >= 15 is 0 Å². The van der Waals surface area contributed by atoms with Gasteiger partial charge in [-0.3, -0.25) is 20.4 Å². The first-order valence-corrected chi connectivity index (χ1v) is 9.75. The molecule has 0 spiro atoms. The number of unbranched alkanes of at least 4 members (excludes halogenated alkanes) is 1. The van der Waals surface area contributed by atoms with Gasteiger partial charge in [-0.05, 0) is 42.8 Å². The summed E-state index contributed by atoms with van der Waals surface area (Å²) in [6.45, 7) is 1.90. The second-order valence-electron chi connectivity index (χ2n) is 6.73. The topological polar surface area (TPSA) is 109 Å². The minimum absolute atomic E-state index is 0.0519. The van der Waals surface area contributed by atoms with Gasteiger partial charge in [0, 0.05) is 6.42 Å². The summed E-state index contributed by atoms with van der Waals surface area (Å²) in [4.78, 5) is 29.0. The largest absolute Gasteiger partial charge is 0.484 e. The van der Waals surface area contributed by atoms with Crippen molar-refractivity contribution in [2.45, 2.75) is 32.7 Å². The van der Waals surface area contributed by atoms with Crippen LogP contribution in [0.15, 0.2) is 48.5 Å². The lowest BCUT2D eigenvalue weighted by Gasteiger charge is -2.11. The molecule has 3 rings (SSSR count). The molecular formula is C22H23N5O3. The van der Waals surface area contributed by atoms with Crippen molar-refractivity contribution >= 4 is 22.8 Å². The number of imidazole rings is 1. The SMILES string of the molecule is CCCCc1nc2ccccc2n1CC(=O)NNC(=O)COc1ccc(C#N)cc1. The molecule has 0 aliphatic carbocycles. The zero-order valence-corrected chi connectivity index (χ0v) is 16.7. The minimum atomic E-state index is -0.491. The number of nitrogens with zero attached hydrogens (tertiary/aromatic N) is 3. The highest BCUT2D eigenvalue weighted by Gasteiger charge is 2.14. The molecule has 0 unspecified atom stereocenters. The van der Waals surface area contributed by atoms with Crippen LogP contribution >= 0.6 is 0 Å². The molecule has 8 nitrogen and oxygen atoms in total. The Morgan fingerprint density at radius 3 is 2.57 bits per heavy atom. The molecule has 0 bridgehead atoms. The van der Waals surface area contributed by atoms with Crippen LogP contribution in [-0.2, 0) is 22.6 Å². The minimum Gasteiger partial charge on any atom is -0.484 e. The van der Waals surface area contributed by atoms with Crippen LogP contribution in [0, 0.1) is 11.3 Å². The first-order valence-electron chi connectivity index (χ1n) is 9.75. The van der Waals surface area contributed by atoms with E-state index in [0.29, 0.717) is 11.3 Å². The quantitative estimate of drug-likeness (QED) is 0.560. The average molecular weight is 405 g/mol. The summed E-state index contributed by atoms with van der Waals surface area (Å²) in [7, 11) is 0. The Kier molecular flexibility index (Phi) is 7.00. The number of hydrazine groups is 1. The van der Waals surface area contributed by atoms with Gasteiger partial charge in [0.25, 0.3) is 11.8 Å². The van der Waals surface area contributed by atoms with Crippen molar-refractivity contribution in [2.24, 2.45) is 0 Å². The number of nitrogens with one attached hydrogen (secondary N) is 2. The van der Waals surface area contributed by atoms with Crippen molar-refractivity contribution in [3.05, 3.63) is 59.9 Å². The summed E-state index contributed by atoms with van der Waals surface area (Å²) in [5.74, 6) is 0.460. The molecule has 0 aliphatic rings. The number of carbonyl (C=O) groups is 2. The molecule has 1 heterocycles. The number of para-hydroxylation sites is 2. The Bertz CT molecular complexity index is 1070. The lowest BCUT2D eigenvalue weighted by molar-refractivity contribution is -0.130. The number of aromatic nitrogens is 2. The molecule has 0 saturated heterocycles. The predicted molar refractivity (Wildman–Crippen MR) is 111 cm³/mol. The van der Waals surface area contributed by atoms with E-state index in [2.05, 4.69) is 22.8 Å². The number of aryl methyl sites for hydroxylation is 1. The van der Waals surface area contributed by atoms with Crippen molar-refractivity contribution in [2.75, 3.05) is 6.61 Å². The Morgan fingerprint density at radius 1 is 1.10 bits per heavy atom. The predicted octanol–water partition coefficient (Wildman–Crippen LogP) is 2.48. The molecule has 0 fully saturated rings. The zero-order valence-electron chi connectivity index (χ0n) is 16.7. The number of carbonyl (C=O) groups excluding carboxylic acids is 2. The zero-order chi connectivity index (χ0) is 21.3. The molecule has 2 aromatic carbocycles. The number of benzene rings is 2. The summed E-state index contributed by atoms with van der Waals surface area (Å²) < 4.78 is 7.21. The van der Waals surface area contributed by atoms with Crippen molar-refractivity contribution in [1.29, 1.82) is 5.26 Å². The van der Waals surface area contributed by atoms with Gasteiger partial charge < -0.3 is 9.30 Å². The van der Waals surface area contributed by atoms with Crippen LogP contribution in [0.1, 0.15) is 31.2 Å². The third kappa shape index (κ3) is 5.35. The van der Waals surface area contributed by atoms with Gasteiger partial charge in [0.1, 0.15) is 18.1 Å². The first-order chi connectivity index (χ1) is 14.6. The summed E-state index contributed by atoms with van der Waals surface area (Å²) in [6, 6.07) is 16.1. The molecule has 3 aromatic rings. The molecule has 0 radical (unpaired) electrons. The number of rotatable bonds is 8. The number of nitriles is 1. The van der Waals surface area contributed by atoms with Gasteiger partial charge in [0.2, 0.25) is 0 Å². The summed E-state index contributed by atoms with van der Waals surface area (Å²) >= 11 is 0. The normalized spacial score (nSPS) is 10.4. The lowest BCUT2D eigenvalue weighted by atomic mass is 10.2. The van der Waals surface area contributed by atoms with Crippen LogP contribution in [0.25, 0.3) is 11.0 Å². The Labute approximate surface area is 174 Å². The van der Waals surface area contributed by atoms with Gasteiger partial charge in [-0.15, -0.1) is 0 Å². The molecule has 1 aromatic heterocycles. The second kappa shape index (κ2) is 10.1. The van der Waals surface area contributed by atoms with Gasteiger partial charge >= 0.3 is 0 Å². The third-order valence-corrected chi connectivity index (χ3v) is 4.48. The number of hydrogen-bond donors (Lipinski definition) is 2. The Hall–Kier alpha value is -3.86. The van der Waals surface area contributed by atoms with Crippen LogP contribution in [-0.4, -0.2) is 28.0 Å². The smallest absolute Gasteiger partial charge is 0.276 e. The number of amides is 2. The molecule has 0 saturated carbocycles. The van der Waals surface area contributed by atoms with E-state index in [9.17, 15) is 9.59 Å². The monoisotopic (exact) mass is 405 g/mol. The molecular weight excluding hydrogens is 382 g/mol. The maximum atomic E-state index is 12.4. The highest BCUT2D eigenvalue weighted by Crippen LogP contribution is 2.17. The van der Waals surface area contributed by atoms with Crippen LogP contribution in [0.5, 0.6) is 5.75 Å². The van der Waals surface area contributed by atoms with E-state index < -0.39 is 5.91 Å². The first kappa shape index (κ1) is 20.9. The van der Waals surface area contributed by atoms with Crippen LogP contribution < -0.4 is 15.6 Å². The van der Waals surface area contributed by atoms with Crippen LogP contribution in [0.4, 0.5) is 0 Å². The molecule has 154 valence electrons. The lowest BCUT2D eigenvalue weighted by Crippen LogP contribution is -2.45. The Balaban J connectivity index is 1.54. The van der Waals surface area contributed by atoms with Crippen molar-refractivity contribution in [3.63, 3.8) is 0 Å². The summed E-state index contributed by atoms with van der Waals surface area (Å²) in [6.07, 6.45) is 2.79. The molecule has 2 amide bonds. The summed E-state index contributed by atoms with van der Waals surface area (Å²) in [5, 5.41) is 8.78. The van der Waals surface area contributed by atoms with Crippen molar-refractivity contribution in [1.82, 2.24) is 20.4 Å². The second-order valence-corrected chi connectivity index (χ2v) is 6.73. The standard InChI is InChI=1S/C22H23N5O3/c1-2-3-8-20-24-18-6-4-5-7-19(18)27(20)14-21(28)25-26-22(29)15-30-17-11-9-16(13-23)10-12-17/h4-7,9-12H,2-3,8,14-15H2,1H3,(H,25,28)(H,26,29). The van der Waals surface area contributed by atoms with Crippen LogP contribution in [0.3, 0.4) is 0 Å². The van der Waals surface area contributed by atoms with Crippen molar-refractivity contribution in [3.8, 4) is 11.8 Å². The fourth-order valence-corrected chi connectivity index (χ4v) is 2.96. The third-order valence-electron chi connectivity index (χ3n) is 4.48. The maximum Gasteiger partial charge on any atom is 0.276 e. The maximum absolute atomic E-state index is 12.4. The van der Waals surface area contributed by atoms with E-state index in [1.54, 1.807) is 24.3 Å². The Morgan fingerprint density at radius 2 is 1.83 bits per heavy atom. The number of ether oxygens (including phenoxy) is 1.